The molecule has 0 amide bonds. The second-order valence-electron chi connectivity index (χ2n) is 3.70. The summed E-state index contributed by atoms with van der Waals surface area (Å²) in [7, 11) is 0. The van der Waals surface area contributed by atoms with Crippen LogP contribution in [0.1, 0.15) is 6.92 Å². The van der Waals surface area contributed by atoms with Gasteiger partial charge in [-0.1, -0.05) is 6.92 Å². The first-order chi connectivity index (χ1) is 6.18. The molecule has 0 unspecified atom stereocenters. The van der Waals surface area contributed by atoms with Crippen molar-refractivity contribution in [2.45, 2.75) is 6.92 Å². The number of ether oxygens (including phenoxy) is 1. The lowest BCUT2D eigenvalue weighted by Gasteiger charge is -2.37. The van der Waals surface area contributed by atoms with Gasteiger partial charge < -0.3 is 15.8 Å². The van der Waals surface area contributed by atoms with Gasteiger partial charge in [-0.25, -0.2) is 5.10 Å². The molecular formula is C7H13N5O. The number of nitrogens with two attached hydrogens (primary N) is 1. The molecular weight excluding hydrogens is 170 g/mol. The summed E-state index contributed by atoms with van der Waals surface area (Å²) in [4.78, 5) is 3.93. The molecule has 0 aliphatic carbocycles. The van der Waals surface area contributed by atoms with E-state index in [-0.39, 0.29) is 5.41 Å². The minimum atomic E-state index is 0.218. The van der Waals surface area contributed by atoms with Crippen LogP contribution in [0.25, 0.3) is 0 Å². The monoisotopic (exact) mass is 183 g/mol. The minimum absolute atomic E-state index is 0.218. The molecule has 6 heteroatoms. The van der Waals surface area contributed by atoms with Gasteiger partial charge in [0.15, 0.2) is 0 Å². The molecule has 2 heterocycles. The third kappa shape index (κ3) is 1.72. The fourth-order valence-electron chi connectivity index (χ4n) is 1.20. The summed E-state index contributed by atoms with van der Waals surface area (Å²) in [6.45, 7) is 4.55. The highest BCUT2D eigenvalue weighted by atomic mass is 16.5. The maximum absolute atomic E-state index is 5.37. The first kappa shape index (κ1) is 8.31. The summed E-state index contributed by atoms with van der Waals surface area (Å²) in [5.41, 5.74) is 5.59. The van der Waals surface area contributed by atoms with Crippen molar-refractivity contribution < 1.29 is 4.74 Å². The van der Waals surface area contributed by atoms with Gasteiger partial charge in [0.25, 0.3) is 0 Å². The predicted molar refractivity (Wildman–Crippen MR) is 48.2 cm³/mol. The summed E-state index contributed by atoms with van der Waals surface area (Å²) in [5.74, 6) is 0.878. The Morgan fingerprint density at radius 3 is 2.92 bits per heavy atom. The van der Waals surface area contributed by atoms with Gasteiger partial charge in [-0.3, -0.25) is 0 Å². The van der Waals surface area contributed by atoms with Gasteiger partial charge in [0.05, 0.1) is 13.2 Å². The maximum Gasteiger partial charge on any atom is 0.243 e. The van der Waals surface area contributed by atoms with E-state index in [0.29, 0.717) is 11.9 Å². The van der Waals surface area contributed by atoms with E-state index in [1.165, 1.54) is 0 Å². The van der Waals surface area contributed by atoms with Crippen molar-refractivity contribution in [1.29, 1.82) is 0 Å². The molecule has 4 N–H and O–H groups in total. The number of nitrogens with zero attached hydrogens (tertiary/aromatic N) is 2. The lowest BCUT2D eigenvalue weighted by molar-refractivity contribution is -0.0925. The molecule has 0 radical (unpaired) electrons. The van der Waals surface area contributed by atoms with Gasteiger partial charge in [-0.2, -0.15) is 4.98 Å². The number of nitrogens with one attached hydrogen (secondary N) is 2. The van der Waals surface area contributed by atoms with E-state index in [2.05, 4.69) is 27.4 Å². The molecule has 1 aliphatic heterocycles. The quantitative estimate of drug-likeness (QED) is 0.605. The Kier molecular flexibility index (Phi) is 1.84. The SMILES string of the molecule is CC1(CNc2n[nH]c(N)n2)COC1. The van der Waals surface area contributed by atoms with Crippen LogP contribution in [-0.4, -0.2) is 34.9 Å². The van der Waals surface area contributed by atoms with E-state index in [1.807, 2.05) is 0 Å². The molecule has 0 spiro atoms. The third-order valence-electron chi connectivity index (χ3n) is 2.08. The lowest BCUT2D eigenvalue weighted by Crippen LogP contribution is -2.45. The second-order valence-corrected chi connectivity index (χ2v) is 3.70. The van der Waals surface area contributed by atoms with Crippen molar-refractivity contribution in [2.24, 2.45) is 5.41 Å². The Labute approximate surface area is 75.9 Å². The zero-order valence-electron chi connectivity index (χ0n) is 7.50. The highest BCUT2D eigenvalue weighted by Gasteiger charge is 2.33. The lowest BCUT2D eigenvalue weighted by atomic mass is 9.89. The number of hydrogen-bond acceptors (Lipinski definition) is 5. The summed E-state index contributed by atoms with van der Waals surface area (Å²) in [6, 6.07) is 0. The second kappa shape index (κ2) is 2.88. The van der Waals surface area contributed by atoms with Crippen molar-refractivity contribution in [2.75, 3.05) is 30.8 Å². The average Bonchev–Trinajstić information content (AvgIpc) is 2.44. The molecule has 6 nitrogen and oxygen atoms in total. The van der Waals surface area contributed by atoms with Crippen molar-refractivity contribution in [1.82, 2.24) is 15.2 Å². The Morgan fingerprint density at radius 2 is 2.46 bits per heavy atom. The van der Waals surface area contributed by atoms with Gasteiger partial charge >= 0.3 is 0 Å². The predicted octanol–water partition coefficient (Wildman–Crippen LogP) is -0.165. The molecule has 1 fully saturated rings. The number of hydrogen-bond donors (Lipinski definition) is 3. The number of nitrogen functional groups attached to an aromatic ring is 1. The molecule has 13 heavy (non-hydrogen) atoms. The summed E-state index contributed by atoms with van der Waals surface area (Å²) >= 11 is 0. The van der Waals surface area contributed by atoms with Gasteiger partial charge in [0.1, 0.15) is 0 Å². The molecule has 1 aliphatic rings. The largest absolute Gasteiger partial charge is 0.380 e. The van der Waals surface area contributed by atoms with Gasteiger partial charge in [-0.05, 0) is 0 Å². The fourth-order valence-corrected chi connectivity index (χ4v) is 1.20. The fraction of sp³-hybridized carbons (Fsp3) is 0.714. The number of anilines is 2. The van der Waals surface area contributed by atoms with Crippen LogP contribution in [0.5, 0.6) is 0 Å². The Morgan fingerprint density at radius 1 is 1.69 bits per heavy atom. The number of aromatic nitrogens is 3. The van der Waals surface area contributed by atoms with Crippen LogP contribution in [-0.2, 0) is 4.74 Å². The third-order valence-corrected chi connectivity index (χ3v) is 2.08. The van der Waals surface area contributed by atoms with Crippen LogP contribution < -0.4 is 11.1 Å². The molecule has 0 aromatic carbocycles. The zero-order chi connectivity index (χ0) is 9.31. The molecule has 72 valence electrons. The number of rotatable bonds is 3. The van der Waals surface area contributed by atoms with E-state index in [9.17, 15) is 0 Å². The van der Waals surface area contributed by atoms with E-state index in [4.69, 9.17) is 10.5 Å². The molecule has 0 atom stereocenters. The normalized spacial score (nSPS) is 19.5. The highest BCUT2D eigenvalue weighted by Crippen LogP contribution is 2.26. The standard InChI is InChI=1S/C7H13N5O/c1-7(3-13-4-7)2-9-6-10-5(8)11-12-6/h2-4H2,1H3,(H4,8,9,10,11,12). The first-order valence-electron chi connectivity index (χ1n) is 4.17. The van der Waals surface area contributed by atoms with Crippen LogP contribution in [0.3, 0.4) is 0 Å². The van der Waals surface area contributed by atoms with Crippen LogP contribution in [0.15, 0.2) is 0 Å². The van der Waals surface area contributed by atoms with Crippen molar-refractivity contribution >= 4 is 11.9 Å². The molecule has 2 rings (SSSR count). The minimum Gasteiger partial charge on any atom is -0.380 e. The van der Waals surface area contributed by atoms with Crippen molar-refractivity contribution in [3.63, 3.8) is 0 Å². The Hall–Kier alpha value is -1.30. The number of H-pyrrole nitrogens is 1. The van der Waals surface area contributed by atoms with Gasteiger partial charge in [0, 0.05) is 12.0 Å². The molecule has 1 saturated heterocycles. The smallest absolute Gasteiger partial charge is 0.243 e. The molecule has 1 aromatic rings. The van der Waals surface area contributed by atoms with Crippen molar-refractivity contribution in [3.05, 3.63) is 0 Å². The van der Waals surface area contributed by atoms with E-state index in [0.717, 1.165) is 19.8 Å². The van der Waals surface area contributed by atoms with Crippen LogP contribution >= 0.6 is 0 Å². The molecule has 0 saturated carbocycles. The van der Waals surface area contributed by atoms with Crippen molar-refractivity contribution in [3.8, 4) is 0 Å². The van der Waals surface area contributed by atoms with Gasteiger partial charge in [0.2, 0.25) is 11.9 Å². The molecule has 0 bridgehead atoms. The van der Waals surface area contributed by atoms with Crippen LogP contribution in [0.4, 0.5) is 11.9 Å². The average molecular weight is 183 g/mol. The summed E-state index contributed by atoms with van der Waals surface area (Å²) in [5, 5.41) is 9.52. The summed E-state index contributed by atoms with van der Waals surface area (Å²) in [6.07, 6.45) is 0. The topological polar surface area (TPSA) is 88.9 Å². The van der Waals surface area contributed by atoms with Crippen LogP contribution in [0, 0.1) is 5.41 Å². The van der Waals surface area contributed by atoms with E-state index >= 15 is 0 Å². The molecule has 1 aromatic heterocycles. The Balaban J connectivity index is 1.85. The highest BCUT2D eigenvalue weighted by molar-refractivity contribution is 5.30. The number of aromatic amines is 1. The van der Waals surface area contributed by atoms with Crippen LogP contribution in [0.2, 0.25) is 0 Å². The van der Waals surface area contributed by atoms with E-state index in [1.54, 1.807) is 0 Å². The van der Waals surface area contributed by atoms with Gasteiger partial charge in [-0.15, -0.1) is 5.10 Å². The maximum atomic E-state index is 5.37. The summed E-state index contributed by atoms with van der Waals surface area (Å²) < 4.78 is 5.12. The first-order valence-corrected chi connectivity index (χ1v) is 4.17. The zero-order valence-corrected chi connectivity index (χ0v) is 7.50. The van der Waals surface area contributed by atoms with E-state index < -0.39 is 0 Å². The Bertz CT molecular complexity index is 293.